The smallest absolute Gasteiger partial charge is 0.420 e. The van der Waals surface area contributed by atoms with Crippen LogP contribution in [-0.2, 0) is 15.7 Å². The number of rotatable bonds is 4. The van der Waals surface area contributed by atoms with Crippen LogP contribution in [0.1, 0.15) is 50.0 Å². The van der Waals surface area contributed by atoms with E-state index in [0.29, 0.717) is 0 Å². The maximum atomic E-state index is 13.1. The second kappa shape index (κ2) is 6.60. The lowest BCUT2D eigenvalue weighted by Crippen LogP contribution is -2.33. The number of hydrogen-bond acceptors (Lipinski definition) is 4. The van der Waals surface area contributed by atoms with Crippen molar-refractivity contribution in [2.45, 2.75) is 45.9 Å². The number of phenolic OH excluding ortho intramolecular Hbond substituents is 1. The van der Waals surface area contributed by atoms with E-state index in [1.165, 1.54) is 6.92 Å². The fraction of sp³-hybridized carbons (Fsp3) is 0.500. The number of hydrogen-bond donors (Lipinski definition) is 1. The first-order valence-electron chi connectivity index (χ1n) is 7.04. The first kappa shape index (κ1) is 19.0. The number of carbonyl (C=O) groups is 2. The molecule has 7 heteroatoms. The highest BCUT2D eigenvalue weighted by Crippen LogP contribution is 2.39. The van der Waals surface area contributed by atoms with Crippen molar-refractivity contribution in [1.29, 1.82) is 0 Å². The standard InChI is InChI=1S/C16H19F3O4/c1-5-9(14(22)23-15(2,3)4)13(21)10-7-6-8-11(20)12(10)16(17,18)19/h6-9,20H,5H2,1-4H3. The first-order chi connectivity index (χ1) is 10.4. The number of esters is 1. The largest absolute Gasteiger partial charge is 0.507 e. The molecule has 4 nitrogen and oxygen atoms in total. The lowest BCUT2D eigenvalue weighted by Gasteiger charge is -2.23. The van der Waals surface area contributed by atoms with Crippen LogP contribution in [0.15, 0.2) is 18.2 Å². The van der Waals surface area contributed by atoms with Gasteiger partial charge in [-0.05, 0) is 33.3 Å². The van der Waals surface area contributed by atoms with Gasteiger partial charge in [0.2, 0.25) is 0 Å². The van der Waals surface area contributed by atoms with E-state index in [-0.39, 0.29) is 6.42 Å². The molecular weight excluding hydrogens is 313 g/mol. The number of ketones is 1. The van der Waals surface area contributed by atoms with Gasteiger partial charge in [0.1, 0.15) is 22.8 Å². The van der Waals surface area contributed by atoms with E-state index in [1.54, 1.807) is 20.8 Å². The normalized spacial score (nSPS) is 13.5. The molecule has 1 atom stereocenters. The van der Waals surface area contributed by atoms with Crippen molar-refractivity contribution < 1.29 is 32.6 Å². The third-order valence-electron chi connectivity index (χ3n) is 3.01. The molecule has 1 aromatic rings. The molecule has 0 bridgehead atoms. The van der Waals surface area contributed by atoms with Gasteiger partial charge in [0, 0.05) is 5.56 Å². The second-order valence-electron chi connectivity index (χ2n) is 6.06. The molecule has 0 aliphatic heterocycles. The Labute approximate surface area is 132 Å². The molecule has 0 fully saturated rings. The van der Waals surface area contributed by atoms with Crippen LogP contribution in [0.2, 0.25) is 0 Å². The van der Waals surface area contributed by atoms with Crippen molar-refractivity contribution in [3.8, 4) is 5.75 Å². The Kier molecular flexibility index (Phi) is 5.45. The summed E-state index contributed by atoms with van der Waals surface area (Å²) in [5.74, 6) is -4.33. The van der Waals surface area contributed by atoms with E-state index in [0.717, 1.165) is 18.2 Å². The van der Waals surface area contributed by atoms with Crippen LogP contribution in [0.4, 0.5) is 13.2 Å². The Balaban J connectivity index is 3.28. The number of aromatic hydroxyl groups is 1. The van der Waals surface area contributed by atoms with Crippen LogP contribution in [0.3, 0.4) is 0 Å². The van der Waals surface area contributed by atoms with Gasteiger partial charge in [-0.2, -0.15) is 13.2 Å². The molecule has 1 unspecified atom stereocenters. The maximum absolute atomic E-state index is 13.1. The number of phenols is 1. The van der Waals surface area contributed by atoms with Crippen molar-refractivity contribution in [3.05, 3.63) is 29.3 Å². The van der Waals surface area contributed by atoms with Crippen LogP contribution in [0.25, 0.3) is 0 Å². The Morgan fingerprint density at radius 1 is 1.22 bits per heavy atom. The summed E-state index contributed by atoms with van der Waals surface area (Å²) in [4.78, 5) is 24.5. The molecule has 0 saturated carbocycles. The molecule has 0 saturated heterocycles. The summed E-state index contributed by atoms with van der Waals surface area (Å²) in [6.07, 6.45) is -4.93. The molecule has 1 N–H and O–H groups in total. The number of Topliss-reactive ketones (excluding diaryl/α,β-unsaturated/α-hetero) is 1. The second-order valence-corrected chi connectivity index (χ2v) is 6.06. The summed E-state index contributed by atoms with van der Waals surface area (Å²) in [6.45, 7) is 6.29. The first-order valence-corrected chi connectivity index (χ1v) is 7.04. The zero-order valence-electron chi connectivity index (χ0n) is 13.3. The van der Waals surface area contributed by atoms with Crippen LogP contribution in [-0.4, -0.2) is 22.5 Å². The Hall–Kier alpha value is -2.05. The number of carbonyl (C=O) groups excluding carboxylic acids is 2. The molecule has 0 radical (unpaired) electrons. The monoisotopic (exact) mass is 332 g/mol. The SMILES string of the molecule is CCC(C(=O)OC(C)(C)C)C(=O)c1cccc(O)c1C(F)(F)F. The van der Waals surface area contributed by atoms with Gasteiger partial charge in [-0.15, -0.1) is 0 Å². The quantitative estimate of drug-likeness (QED) is 0.515. The van der Waals surface area contributed by atoms with Crippen molar-refractivity contribution in [2.75, 3.05) is 0 Å². The molecule has 0 heterocycles. The molecule has 0 spiro atoms. The third-order valence-corrected chi connectivity index (χ3v) is 3.01. The molecular formula is C16H19F3O4. The van der Waals surface area contributed by atoms with Gasteiger partial charge in [0.15, 0.2) is 5.78 Å². The molecule has 0 amide bonds. The van der Waals surface area contributed by atoms with Gasteiger partial charge in [0.25, 0.3) is 0 Å². The lowest BCUT2D eigenvalue weighted by molar-refractivity contribution is -0.158. The molecule has 1 aromatic carbocycles. The molecule has 1 rings (SSSR count). The van der Waals surface area contributed by atoms with Crippen LogP contribution >= 0.6 is 0 Å². The summed E-state index contributed by atoms with van der Waals surface area (Å²) < 4.78 is 44.3. The van der Waals surface area contributed by atoms with Crippen LogP contribution in [0.5, 0.6) is 5.75 Å². The van der Waals surface area contributed by atoms with Crippen LogP contribution in [0, 0.1) is 5.92 Å². The zero-order valence-corrected chi connectivity index (χ0v) is 13.3. The molecule has 0 aromatic heterocycles. The van der Waals surface area contributed by atoms with Gasteiger partial charge < -0.3 is 9.84 Å². The third kappa shape index (κ3) is 4.71. The van der Waals surface area contributed by atoms with Gasteiger partial charge in [-0.25, -0.2) is 0 Å². The Bertz CT molecular complexity index is 600. The summed E-state index contributed by atoms with van der Waals surface area (Å²) >= 11 is 0. The minimum atomic E-state index is -4.91. The zero-order chi connectivity index (χ0) is 18.0. The van der Waals surface area contributed by atoms with Gasteiger partial charge >= 0.3 is 12.1 Å². The van der Waals surface area contributed by atoms with E-state index in [9.17, 15) is 27.9 Å². The number of halogens is 3. The van der Waals surface area contributed by atoms with E-state index < -0.39 is 46.3 Å². The number of alkyl halides is 3. The minimum Gasteiger partial charge on any atom is -0.507 e. The highest BCUT2D eigenvalue weighted by molar-refractivity contribution is 6.09. The van der Waals surface area contributed by atoms with Crippen molar-refractivity contribution in [3.63, 3.8) is 0 Å². The molecule has 128 valence electrons. The van der Waals surface area contributed by atoms with E-state index in [2.05, 4.69) is 0 Å². The van der Waals surface area contributed by atoms with Crippen molar-refractivity contribution >= 4 is 11.8 Å². The van der Waals surface area contributed by atoms with Gasteiger partial charge in [-0.3, -0.25) is 9.59 Å². The van der Waals surface area contributed by atoms with Gasteiger partial charge in [-0.1, -0.05) is 19.1 Å². The predicted octanol–water partition coefficient (Wildman–Crippen LogP) is 3.96. The topological polar surface area (TPSA) is 63.6 Å². The fourth-order valence-corrected chi connectivity index (χ4v) is 2.06. The summed E-state index contributed by atoms with van der Waals surface area (Å²) in [5, 5.41) is 9.47. The maximum Gasteiger partial charge on any atom is 0.420 e. The van der Waals surface area contributed by atoms with Crippen molar-refractivity contribution in [1.82, 2.24) is 0 Å². The number of ether oxygens (including phenoxy) is 1. The van der Waals surface area contributed by atoms with E-state index in [1.807, 2.05) is 0 Å². The van der Waals surface area contributed by atoms with Gasteiger partial charge in [0.05, 0.1) is 0 Å². The average Bonchev–Trinajstić information content (AvgIpc) is 2.35. The highest BCUT2D eigenvalue weighted by atomic mass is 19.4. The summed E-state index contributed by atoms with van der Waals surface area (Å²) in [5.41, 5.74) is -3.04. The highest BCUT2D eigenvalue weighted by Gasteiger charge is 2.41. The summed E-state index contributed by atoms with van der Waals surface area (Å²) in [6, 6.07) is 2.91. The molecule has 0 aliphatic carbocycles. The molecule has 0 aliphatic rings. The Morgan fingerprint density at radius 3 is 2.22 bits per heavy atom. The van der Waals surface area contributed by atoms with E-state index >= 15 is 0 Å². The lowest BCUT2D eigenvalue weighted by atomic mass is 9.91. The number of benzene rings is 1. The fourth-order valence-electron chi connectivity index (χ4n) is 2.06. The van der Waals surface area contributed by atoms with Crippen LogP contribution < -0.4 is 0 Å². The minimum absolute atomic E-state index is 0.0132. The average molecular weight is 332 g/mol. The van der Waals surface area contributed by atoms with Crippen molar-refractivity contribution in [2.24, 2.45) is 5.92 Å². The van der Waals surface area contributed by atoms with E-state index in [4.69, 9.17) is 4.74 Å². The Morgan fingerprint density at radius 2 is 1.78 bits per heavy atom. The summed E-state index contributed by atoms with van der Waals surface area (Å²) in [7, 11) is 0. The molecule has 23 heavy (non-hydrogen) atoms. The predicted molar refractivity (Wildman–Crippen MR) is 77.1 cm³/mol.